The number of benzene rings is 1. The van der Waals surface area contributed by atoms with E-state index in [1.54, 1.807) is 12.1 Å². The van der Waals surface area contributed by atoms with Crippen LogP contribution >= 0.6 is 22.6 Å². The fraction of sp³-hybridized carbons (Fsp3) is 0.500. The first-order valence-corrected chi connectivity index (χ1v) is 8.42. The van der Waals surface area contributed by atoms with E-state index in [0.29, 0.717) is 12.2 Å². The van der Waals surface area contributed by atoms with Crippen LogP contribution < -0.4 is 10.2 Å². The Balaban J connectivity index is 1.79. The van der Waals surface area contributed by atoms with Crippen LogP contribution in [0.15, 0.2) is 24.3 Å². The molecule has 8 heteroatoms. The summed E-state index contributed by atoms with van der Waals surface area (Å²) < 4.78 is 4.87. The van der Waals surface area contributed by atoms with Crippen molar-refractivity contribution in [1.29, 1.82) is 0 Å². The third-order valence-electron chi connectivity index (χ3n) is 3.61. The lowest BCUT2D eigenvalue weighted by Crippen LogP contribution is -3.15. The summed E-state index contributed by atoms with van der Waals surface area (Å²) in [7, 11) is 0. The standard InChI is InChI=1S/C14H18IN3O4/c15-13(11-1-3-12(4-2-11)18(20)21)14(19)22-10-9-17-7-5-16-6-8-17/h1-4,13,16H,5-10H2/p+1. The lowest BCUT2D eigenvalue weighted by Gasteiger charge is -2.24. The highest BCUT2D eigenvalue weighted by molar-refractivity contribution is 14.1. The number of hydrogen-bond acceptors (Lipinski definition) is 5. The summed E-state index contributed by atoms with van der Waals surface area (Å²) in [6, 6.07) is 5.99. The summed E-state index contributed by atoms with van der Waals surface area (Å²) in [5.41, 5.74) is 0.730. The van der Waals surface area contributed by atoms with E-state index in [2.05, 4.69) is 5.32 Å². The largest absolute Gasteiger partial charge is 0.459 e. The number of nitrogens with zero attached hydrogens (tertiary/aromatic N) is 1. The number of nitro groups is 1. The van der Waals surface area contributed by atoms with Crippen molar-refractivity contribution in [2.75, 3.05) is 39.3 Å². The molecule has 0 amide bonds. The average molecular weight is 420 g/mol. The minimum Gasteiger partial charge on any atom is -0.459 e. The molecule has 1 aliphatic rings. The Morgan fingerprint density at radius 2 is 2.00 bits per heavy atom. The number of nitro benzene ring substituents is 1. The number of non-ortho nitro benzene ring substituents is 1. The van der Waals surface area contributed by atoms with Gasteiger partial charge in [-0.1, -0.05) is 34.7 Å². The lowest BCUT2D eigenvalue weighted by atomic mass is 10.1. The number of nitrogens with one attached hydrogen (secondary N) is 2. The number of quaternary nitrogens is 1. The van der Waals surface area contributed by atoms with E-state index in [1.165, 1.54) is 17.0 Å². The van der Waals surface area contributed by atoms with E-state index in [9.17, 15) is 14.9 Å². The normalized spacial score (nSPS) is 17.0. The molecule has 7 nitrogen and oxygen atoms in total. The molecular weight excluding hydrogens is 401 g/mol. The topological polar surface area (TPSA) is 85.9 Å². The van der Waals surface area contributed by atoms with Gasteiger partial charge in [0.1, 0.15) is 17.1 Å². The quantitative estimate of drug-likeness (QED) is 0.224. The predicted octanol–water partition coefficient (Wildman–Crippen LogP) is 0.102. The maximum atomic E-state index is 12.0. The number of piperazine rings is 1. The van der Waals surface area contributed by atoms with E-state index in [4.69, 9.17) is 4.74 Å². The summed E-state index contributed by atoms with van der Waals surface area (Å²) in [5.74, 6) is -0.302. The Morgan fingerprint density at radius 3 is 2.59 bits per heavy atom. The summed E-state index contributed by atoms with van der Waals surface area (Å²) in [4.78, 5) is 23.6. The monoisotopic (exact) mass is 420 g/mol. The van der Waals surface area contributed by atoms with Gasteiger partial charge in [-0.15, -0.1) is 0 Å². The molecule has 0 radical (unpaired) electrons. The average Bonchev–Trinajstić information content (AvgIpc) is 2.55. The maximum Gasteiger partial charge on any atom is 0.323 e. The minimum atomic E-state index is -0.458. The fourth-order valence-corrected chi connectivity index (χ4v) is 2.90. The summed E-state index contributed by atoms with van der Waals surface area (Å²) in [6.07, 6.45) is 0. The van der Waals surface area contributed by atoms with Gasteiger partial charge in [-0.25, -0.2) is 0 Å². The second-order valence-corrected chi connectivity index (χ2v) is 6.37. The Hall–Kier alpha value is -1.26. The molecule has 2 rings (SSSR count). The summed E-state index contributed by atoms with van der Waals surface area (Å²) >= 11 is 2.00. The number of carbonyl (C=O) groups is 1. The molecule has 120 valence electrons. The molecule has 0 aliphatic carbocycles. The first-order chi connectivity index (χ1) is 10.6. The van der Waals surface area contributed by atoms with Crippen molar-refractivity contribution in [3.8, 4) is 0 Å². The van der Waals surface area contributed by atoms with Gasteiger partial charge in [0.15, 0.2) is 0 Å². The number of ether oxygens (including phenoxy) is 1. The van der Waals surface area contributed by atoms with Gasteiger partial charge in [0.05, 0.1) is 18.0 Å². The van der Waals surface area contributed by atoms with Crippen molar-refractivity contribution in [1.82, 2.24) is 5.32 Å². The van der Waals surface area contributed by atoms with Crippen LogP contribution in [-0.4, -0.2) is 50.2 Å². The molecule has 0 bridgehead atoms. The first-order valence-electron chi connectivity index (χ1n) is 7.17. The van der Waals surface area contributed by atoms with Crippen LogP contribution in [0.3, 0.4) is 0 Å². The van der Waals surface area contributed by atoms with Crippen molar-refractivity contribution >= 4 is 34.2 Å². The van der Waals surface area contributed by atoms with E-state index in [-0.39, 0.29) is 11.7 Å². The molecule has 22 heavy (non-hydrogen) atoms. The van der Waals surface area contributed by atoms with Crippen molar-refractivity contribution in [3.05, 3.63) is 39.9 Å². The van der Waals surface area contributed by atoms with Gasteiger partial charge in [0.2, 0.25) is 0 Å². The number of carbonyl (C=O) groups excluding carboxylic acids is 1. The highest BCUT2D eigenvalue weighted by atomic mass is 127. The van der Waals surface area contributed by atoms with Crippen molar-refractivity contribution < 1.29 is 19.4 Å². The maximum absolute atomic E-state index is 12.0. The van der Waals surface area contributed by atoms with E-state index in [0.717, 1.165) is 32.7 Å². The molecule has 1 heterocycles. The molecule has 1 aliphatic heterocycles. The van der Waals surface area contributed by atoms with Gasteiger partial charge in [0, 0.05) is 25.2 Å². The Labute approximate surface area is 142 Å². The third-order valence-corrected chi connectivity index (χ3v) is 4.84. The molecule has 2 N–H and O–H groups in total. The Kier molecular flexibility index (Phi) is 6.52. The molecular formula is C14H19IN3O4+. The van der Waals surface area contributed by atoms with E-state index in [1.807, 2.05) is 22.6 Å². The zero-order chi connectivity index (χ0) is 15.9. The van der Waals surface area contributed by atoms with E-state index < -0.39 is 8.85 Å². The lowest BCUT2D eigenvalue weighted by molar-refractivity contribution is -0.902. The van der Waals surface area contributed by atoms with Crippen molar-refractivity contribution in [3.63, 3.8) is 0 Å². The van der Waals surface area contributed by atoms with Gasteiger partial charge >= 0.3 is 5.97 Å². The van der Waals surface area contributed by atoms with Crippen LogP contribution in [0, 0.1) is 10.1 Å². The predicted molar refractivity (Wildman–Crippen MR) is 89.2 cm³/mol. The van der Waals surface area contributed by atoms with Gasteiger partial charge < -0.3 is 15.0 Å². The van der Waals surface area contributed by atoms with Crippen LogP contribution in [0.1, 0.15) is 9.49 Å². The first kappa shape index (κ1) is 17.1. The van der Waals surface area contributed by atoms with Crippen LogP contribution in [0.4, 0.5) is 5.69 Å². The second kappa shape index (κ2) is 8.39. The third kappa shape index (κ3) is 4.89. The van der Waals surface area contributed by atoms with Crippen molar-refractivity contribution in [2.45, 2.75) is 3.92 Å². The van der Waals surface area contributed by atoms with Gasteiger partial charge in [-0.2, -0.15) is 0 Å². The number of alkyl halides is 1. The van der Waals surface area contributed by atoms with Crippen LogP contribution in [0.5, 0.6) is 0 Å². The highest BCUT2D eigenvalue weighted by Crippen LogP contribution is 2.26. The van der Waals surface area contributed by atoms with Gasteiger partial charge in [0.25, 0.3) is 5.69 Å². The Bertz CT molecular complexity index is 517. The summed E-state index contributed by atoms with van der Waals surface area (Å²) in [5, 5.41) is 13.9. The molecule has 1 atom stereocenters. The van der Waals surface area contributed by atoms with Crippen molar-refractivity contribution in [2.24, 2.45) is 0 Å². The molecule has 1 aromatic rings. The molecule has 0 spiro atoms. The molecule has 0 aromatic heterocycles. The SMILES string of the molecule is O=C(OCC[NH+]1CCNCC1)C(I)c1ccc([N+](=O)[O-])cc1. The number of esters is 1. The number of rotatable bonds is 6. The molecule has 1 unspecified atom stereocenters. The smallest absolute Gasteiger partial charge is 0.323 e. The van der Waals surface area contributed by atoms with E-state index >= 15 is 0 Å². The fourth-order valence-electron chi connectivity index (χ4n) is 2.30. The van der Waals surface area contributed by atoms with Gasteiger partial charge in [-0.3, -0.25) is 14.9 Å². The summed E-state index contributed by atoms with van der Waals surface area (Å²) in [6.45, 7) is 5.32. The van der Waals surface area contributed by atoms with Crippen LogP contribution in [0.2, 0.25) is 0 Å². The minimum absolute atomic E-state index is 0.0167. The number of hydrogen-bond donors (Lipinski definition) is 2. The second-order valence-electron chi connectivity index (χ2n) is 5.13. The molecule has 0 saturated carbocycles. The van der Waals surface area contributed by atoms with Crippen LogP contribution in [-0.2, 0) is 9.53 Å². The Morgan fingerprint density at radius 1 is 1.36 bits per heavy atom. The zero-order valence-electron chi connectivity index (χ0n) is 12.1. The number of halogens is 1. The van der Waals surface area contributed by atoms with Crippen LogP contribution in [0.25, 0.3) is 0 Å². The molecule has 1 saturated heterocycles. The molecule has 1 fully saturated rings. The van der Waals surface area contributed by atoms with Gasteiger partial charge in [-0.05, 0) is 5.56 Å². The zero-order valence-corrected chi connectivity index (χ0v) is 14.2. The highest BCUT2D eigenvalue weighted by Gasteiger charge is 2.20. The molecule has 1 aromatic carbocycles.